The summed E-state index contributed by atoms with van der Waals surface area (Å²) in [5, 5.41) is 8.74. The summed E-state index contributed by atoms with van der Waals surface area (Å²) >= 11 is 0. The van der Waals surface area contributed by atoms with Gasteiger partial charge in [-0.05, 0) is 30.2 Å². The molecule has 1 aromatic rings. The zero-order chi connectivity index (χ0) is 12.7. The van der Waals surface area contributed by atoms with Crippen LogP contribution < -0.4 is 0 Å². The molecule has 1 aromatic carbocycles. The summed E-state index contributed by atoms with van der Waals surface area (Å²) in [5.41, 5.74) is 1.19. The Morgan fingerprint density at radius 1 is 1.41 bits per heavy atom. The van der Waals surface area contributed by atoms with Gasteiger partial charge in [0.2, 0.25) is 0 Å². The molecule has 0 aliphatic heterocycles. The molecule has 0 saturated carbocycles. The Morgan fingerprint density at radius 3 is 2.59 bits per heavy atom. The van der Waals surface area contributed by atoms with Crippen LogP contribution in [0, 0.1) is 0 Å². The number of allylic oxidation sites excluding steroid dienone is 2. The third-order valence-electron chi connectivity index (χ3n) is 2.16. The van der Waals surface area contributed by atoms with Crippen LogP contribution in [0.5, 0.6) is 0 Å². The predicted molar refractivity (Wildman–Crippen MR) is 66.8 cm³/mol. The van der Waals surface area contributed by atoms with Crippen LogP contribution >= 0.6 is 0 Å². The van der Waals surface area contributed by atoms with Gasteiger partial charge in [0.05, 0.1) is 5.56 Å². The standard InChI is InChI=1S/C14H16O3/c1-3-4-5-11(2)17-10-12-6-8-13(9-7-12)14(15)16/h4-9H,2-3,10H2,1H3,(H,15,16)/b5-4-. The molecular weight excluding hydrogens is 216 g/mol. The fraction of sp³-hybridized carbons (Fsp3) is 0.214. The van der Waals surface area contributed by atoms with Crippen LogP contribution in [0.25, 0.3) is 0 Å². The molecule has 0 radical (unpaired) electrons. The highest BCUT2D eigenvalue weighted by atomic mass is 16.5. The van der Waals surface area contributed by atoms with E-state index in [9.17, 15) is 4.79 Å². The molecule has 17 heavy (non-hydrogen) atoms. The van der Waals surface area contributed by atoms with Gasteiger partial charge in [0, 0.05) is 0 Å². The number of ether oxygens (including phenoxy) is 1. The SMILES string of the molecule is C=C(/C=C\CC)OCc1ccc(C(=O)O)cc1. The van der Waals surface area contributed by atoms with Gasteiger partial charge in [0.25, 0.3) is 0 Å². The molecule has 0 unspecified atom stereocenters. The van der Waals surface area contributed by atoms with Gasteiger partial charge in [0.15, 0.2) is 0 Å². The molecule has 0 saturated heterocycles. The van der Waals surface area contributed by atoms with Crippen LogP contribution in [0.1, 0.15) is 29.3 Å². The second-order valence-electron chi connectivity index (χ2n) is 3.57. The number of hydrogen-bond acceptors (Lipinski definition) is 2. The van der Waals surface area contributed by atoms with Crippen molar-refractivity contribution < 1.29 is 14.6 Å². The molecule has 0 fully saturated rings. The lowest BCUT2D eigenvalue weighted by Gasteiger charge is -2.05. The number of carbonyl (C=O) groups is 1. The zero-order valence-corrected chi connectivity index (χ0v) is 9.85. The Kier molecular flexibility index (Phi) is 5.01. The maximum absolute atomic E-state index is 10.6. The molecule has 3 nitrogen and oxygen atoms in total. The van der Waals surface area contributed by atoms with Crippen molar-refractivity contribution in [2.24, 2.45) is 0 Å². The fourth-order valence-electron chi connectivity index (χ4n) is 1.22. The summed E-state index contributed by atoms with van der Waals surface area (Å²) in [5.74, 6) is -0.318. The summed E-state index contributed by atoms with van der Waals surface area (Å²) in [6.07, 6.45) is 4.73. The van der Waals surface area contributed by atoms with E-state index in [1.165, 1.54) is 0 Å². The average molecular weight is 232 g/mol. The topological polar surface area (TPSA) is 46.5 Å². The van der Waals surface area contributed by atoms with E-state index >= 15 is 0 Å². The third-order valence-corrected chi connectivity index (χ3v) is 2.16. The van der Waals surface area contributed by atoms with Crippen molar-refractivity contribution in [1.82, 2.24) is 0 Å². The first-order valence-corrected chi connectivity index (χ1v) is 5.44. The number of benzene rings is 1. The fourth-order valence-corrected chi connectivity index (χ4v) is 1.22. The normalized spacial score (nSPS) is 10.4. The number of hydrogen-bond donors (Lipinski definition) is 1. The van der Waals surface area contributed by atoms with Crippen LogP contribution in [-0.4, -0.2) is 11.1 Å². The minimum atomic E-state index is -0.923. The first-order chi connectivity index (χ1) is 8.13. The van der Waals surface area contributed by atoms with Crippen molar-refractivity contribution in [2.75, 3.05) is 0 Å². The van der Waals surface area contributed by atoms with Crippen molar-refractivity contribution in [1.29, 1.82) is 0 Å². The van der Waals surface area contributed by atoms with E-state index in [0.29, 0.717) is 12.4 Å². The molecule has 0 heterocycles. The Hall–Kier alpha value is -2.03. The molecule has 0 aliphatic rings. The van der Waals surface area contributed by atoms with E-state index in [-0.39, 0.29) is 5.56 Å². The zero-order valence-electron chi connectivity index (χ0n) is 9.85. The Bertz CT molecular complexity index is 416. The lowest BCUT2D eigenvalue weighted by atomic mass is 10.1. The molecule has 90 valence electrons. The molecule has 0 spiro atoms. The first kappa shape index (κ1) is 13.0. The van der Waals surface area contributed by atoms with Crippen LogP contribution in [0.4, 0.5) is 0 Å². The van der Waals surface area contributed by atoms with Gasteiger partial charge in [-0.2, -0.15) is 0 Å². The maximum Gasteiger partial charge on any atom is 0.335 e. The van der Waals surface area contributed by atoms with Gasteiger partial charge < -0.3 is 9.84 Å². The summed E-state index contributed by atoms with van der Waals surface area (Å²) in [6, 6.07) is 6.60. The van der Waals surface area contributed by atoms with Gasteiger partial charge in [-0.15, -0.1) is 0 Å². The molecule has 0 atom stereocenters. The van der Waals surface area contributed by atoms with E-state index in [1.54, 1.807) is 24.3 Å². The predicted octanol–water partition coefficient (Wildman–Crippen LogP) is 3.38. The maximum atomic E-state index is 10.6. The molecule has 0 aromatic heterocycles. The van der Waals surface area contributed by atoms with E-state index in [4.69, 9.17) is 9.84 Å². The highest BCUT2D eigenvalue weighted by Gasteiger charge is 2.01. The second kappa shape index (κ2) is 6.53. The van der Waals surface area contributed by atoms with Gasteiger partial charge in [-0.3, -0.25) is 0 Å². The lowest BCUT2D eigenvalue weighted by Crippen LogP contribution is -1.97. The Labute approximate surface area is 101 Å². The number of rotatable bonds is 6. The Balaban J connectivity index is 2.50. The van der Waals surface area contributed by atoms with Gasteiger partial charge in [-0.1, -0.05) is 31.7 Å². The number of carboxylic acid groups (broad SMARTS) is 1. The van der Waals surface area contributed by atoms with Crippen molar-refractivity contribution in [2.45, 2.75) is 20.0 Å². The smallest absolute Gasteiger partial charge is 0.335 e. The molecule has 0 bridgehead atoms. The largest absolute Gasteiger partial charge is 0.490 e. The number of aromatic carboxylic acids is 1. The molecule has 1 rings (SSSR count). The summed E-state index contributed by atoms with van der Waals surface area (Å²) in [7, 11) is 0. The van der Waals surface area contributed by atoms with Crippen molar-refractivity contribution in [3.8, 4) is 0 Å². The monoisotopic (exact) mass is 232 g/mol. The van der Waals surface area contributed by atoms with E-state index in [0.717, 1.165) is 12.0 Å². The van der Waals surface area contributed by atoms with Gasteiger partial charge in [0.1, 0.15) is 12.4 Å². The van der Waals surface area contributed by atoms with E-state index < -0.39 is 5.97 Å². The minimum absolute atomic E-state index is 0.276. The molecule has 0 amide bonds. The van der Waals surface area contributed by atoms with E-state index in [2.05, 4.69) is 6.58 Å². The van der Waals surface area contributed by atoms with Crippen LogP contribution in [0.2, 0.25) is 0 Å². The number of carboxylic acids is 1. The van der Waals surface area contributed by atoms with Crippen molar-refractivity contribution in [3.05, 3.63) is 59.9 Å². The second-order valence-corrected chi connectivity index (χ2v) is 3.57. The quantitative estimate of drug-likeness (QED) is 0.604. The molecule has 1 N–H and O–H groups in total. The highest BCUT2D eigenvalue weighted by molar-refractivity contribution is 5.87. The Morgan fingerprint density at radius 2 is 2.06 bits per heavy atom. The third kappa shape index (κ3) is 4.55. The summed E-state index contributed by atoms with van der Waals surface area (Å²) in [6.45, 7) is 6.18. The summed E-state index contributed by atoms with van der Waals surface area (Å²) in [4.78, 5) is 10.6. The minimum Gasteiger partial charge on any atom is -0.490 e. The van der Waals surface area contributed by atoms with E-state index in [1.807, 2.05) is 19.1 Å². The van der Waals surface area contributed by atoms with Gasteiger partial charge in [-0.25, -0.2) is 4.79 Å². The van der Waals surface area contributed by atoms with Crippen molar-refractivity contribution in [3.63, 3.8) is 0 Å². The molecular formula is C14H16O3. The van der Waals surface area contributed by atoms with Crippen molar-refractivity contribution >= 4 is 5.97 Å². The van der Waals surface area contributed by atoms with Gasteiger partial charge >= 0.3 is 5.97 Å². The lowest BCUT2D eigenvalue weighted by molar-refractivity contribution is 0.0697. The molecule has 3 heteroatoms. The van der Waals surface area contributed by atoms with Crippen LogP contribution in [-0.2, 0) is 11.3 Å². The highest BCUT2D eigenvalue weighted by Crippen LogP contribution is 2.08. The first-order valence-electron chi connectivity index (χ1n) is 5.44. The van der Waals surface area contributed by atoms with Crippen LogP contribution in [0.3, 0.4) is 0 Å². The average Bonchev–Trinajstić information content (AvgIpc) is 2.34. The van der Waals surface area contributed by atoms with Crippen LogP contribution in [0.15, 0.2) is 48.8 Å². The molecule has 0 aliphatic carbocycles. The summed E-state index contributed by atoms with van der Waals surface area (Å²) < 4.78 is 5.40.